The second-order valence-corrected chi connectivity index (χ2v) is 5.11. The minimum absolute atomic E-state index is 0.0580. The Morgan fingerprint density at radius 2 is 2.46 bits per heavy atom. The van der Waals surface area contributed by atoms with E-state index in [1.807, 2.05) is 11.4 Å². The van der Waals surface area contributed by atoms with Crippen molar-refractivity contribution in [1.29, 1.82) is 0 Å². The molecule has 0 unspecified atom stereocenters. The first-order chi connectivity index (χ1) is 6.25. The molecular weight excluding hydrogens is 250 g/mol. The maximum Gasteiger partial charge on any atom is 0.261 e. The highest BCUT2D eigenvalue weighted by Crippen LogP contribution is 2.28. The molecule has 1 aromatic rings. The molecule has 1 heterocycles. The number of amides is 1. The van der Waals surface area contributed by atoms with Gasteiger partial charge in [-0.2, -0.15) is 0 Å². The van der Waals surface area contributed by atoms with Gasteiger partial charge < -0.3 is 5.32 Å². The number of hydrogen-bond donors (Lipinski definition) is 1. The fourth-order valence-corrected chi connectivity index (χ4v) is 2.42. The third-order valence-electron chi connectivity index (χ3n) is 2.04. The molecule has 1 aliphatic rings. The van der Waals surface area contributed by atoms with E-state index in [1.54, 1.807) is 0 Å². The van der Waals surface area contributed by atoms with Crippen LogP contribution in [-0.2, 0) is 0 Å². The molecule has 0 aliphatic heterocycles. The molecule has 13 heavy (non-hydrogen) atoms. The Morgan fingerprint density at radius 3 is 3.00 bits per heavy atom. The van der Waals surface area contributed by atoms with Crippen molar-refractivity contribution < 1.29 is 4.79 Å². The molecule has 0 atom stereocenters. The van der Waals surface area contributed by atoms with Crippen LogP contribution in [0, 0.1) is 5.92 Å². The molecule has 0 aromatic carbocycles. The number of thiophene rings is 1. The van der Waals surface area contributed by atoms with Crippen LogP contribution in [0.3, 0.4) is 0 Å². The zero-order valence-corrected chi connectivity index (χ0v) is 9.45. The number of rotatable bonds is 3. The highest BCUT2D eigenvalue weighted by molar-refractivity contribution is 9.10. The summed E-state index contributed by atoms with van der Waals surface area (Å²) in [5, 5.41) is 4.85. The molecule has 0 bridgehead atoms. The quantitative estimate of drug-likeness (QED) is 0.889. The van der Waals surface area contributed by atoms with Crippen LogP contribution >= 0.6 is 27.3 Å². The lowest BCUT2D eigenvalue weighted by atomic mass is 10.4. The van der Waals surface area contributed by atoms with Gasteiger partial charge >= 0.3 is 0 Å². The lowest BCUT2D eigenvalue weighted by Crippen LogP contribution is -2.24. The second kappa shape index (κ2) is 3.80. The largest absolute Gasteiger partial charge is 0.351 e. The van der Waals surface area contributed by atoms with Gasteiger partial charge in [0.15, 0.2) is 0 Å². The Labute approximate surface area is 89.5 Å². The van der Waals surface area contributed by atoms with Crippen molar-refractivity contribution >= 4 is 33.2 Å². The summed E-state index contributed by atoms with van der Waals surface area (Å²) in [6.45, 7) is 0.842. The van der Waals surface area contributed by atoms with Crippen molar-refractivity contribution in [3.63, 3.8) is 0 Å². The summed E-state index contributed by atoms with van der Waals surface area (Å²) in [4.78, 5) is 12.3. The van der Waals surface area contributed by atoms with Gasteiger partial charge in [-0.1, -0.05) is 0 Å². The SMILES string of the molecule is O=C(NCC1CC1)c1cc(Br)cs1. The summed E-state index contributed by atoms with van der Waals surface area (Å²) in [6, 6.07) is 1.85. The molecule has 1 aliphatic carbocycles. The van der Waals surface area contributed by atoms with Gasteiger partial charge in [-0.05, 0) is 40.8 Å². The maximum atomic E-state index is 11.5. The van der Waals surface area contributed by atoms with E-state index >= 15 is 0 Å². The number of nitrogens with one attached hydrogen (secondary N) is 1. The Kier molecular flexibility index (Phi) is 2.69. The molecule has 1 saturated carbocycles. The number of carbonyl (C=O) groups is 1. The molecular formula is C9H10BrNOS. The minimum atomic E-state index is 0.0580. The molecule has 70 valence electrons. The van der Waals surface area contributed by atoms with Crippen molar-refractivity contribution in [2.75, 3.05) is 6.54 Å². The molecule has 2 nitrogen and oxygen atoms in total. The van der Waals surface area contributed by atoms with Gasteiger partial charge in [0.05, 0.1) is 4.88 Å². The molecule has 1 fully saturated rings. The minimum Gasteiger partial charge on any atom is -0.351 e. The van der Waals surface area contributed by atoms with Gasteiger partial charge in [-0.25, -0.2) is 0 Å². The standard InChI is InChI=1S/C9H10BrNOS/c10-7-3-8(13-5-7)9(12)11-4-6-1-2-6/h3,5-6H,1-2,4H2,(H,11,12). The predicted molar refractivity (Wildman–Crippen MR) is 57.1 cm³/mol. The van der Waals surface area contributed by atoms with Crippen LogP contribution in [0.4, 0.5) is 0 Å². The van der Waals surface area contributed by atoms with Gasteiger partial charge in [0.1, 0.15) is 0 Å². The van der Waals surface area contributed by atoms with Crippen LogP contribution in [0.15, 0.2) is 15.9 Å². The summed E-state index contributed by atoms with van der Waals surface area (Å²) in [7, 11) is 0. The summed E-state index contributed by atoms with van der Waals surface area (Å²) in [6.07, 6.45) is 2.54. The molecule has 1 amide bonds. The fraction of sp³-hybridized carbons (Fsp3) is 0.444. The van der Waals surface area contributed by atoms with Gasteiger partial charge in [0.25, 0.3) is 5.91 Å². The molecule has 1 N–H and O–H groups in total. The van der Waals surface area contributed by atoms with Crippen LogP contribution < -0.4 is 5.32 Å². The molecule has 0 spiro atoms. The average Bonchev–Trinajstić information content (AvgIpc) is 2.84. The van der Waals surface area contributed by atoms with E-state index in [0.717, 1.165) is 21.8 Å². The summed E-state index contributed by atoms with van der Waals surface area (Å²) in [5.41, 5.74) is 0. The van der Waals surface area contributed by atoms with Gasteiger partial charge in [-0.3, -0.25) is 4.79 Å². The second-order valence-electron chi connectivity index (χ2n) is 3.28. The van der Waals surface area contributed by atoms with E-state index in [1.165, 1.54) is 24.2 Å². The third kappa shape index (κ3) is 2.54. The van der Waals surface area contributed by atoms with E-state index in [-0.39, 0.29) is 5.91 Å². The van der Waals surface area contributed by atoms with Crippen molar-refractivity contribution in [3.8, 4) is 0 Å². The van der Waals surface area contributed by atoms with E-state index in [9.17, 15) is 4.79 Å². The van der Waals surface area contributed by atoms with Crippen LogP contribution in [-0.4, -0.2) is 12.5 Å². The molecule has 0 radical (unpaired) electrons. The summed E-state index contributed by atoms with van der Waals surface area (Å²) in [5.74, 6) is 0.801. The highest BCUT2D eigenvalue weighted by atomic mass is 79.9. The Hall–Kier alpha value is -0.350. The first-order valence-corrected chi connectivity index (χ1v) is 5.95. The number of carbonyl (C=O) groups excluding carboxylic acids is 1. The summed E-state index contributed by atoms with van der Waals surface area (Å²) >= 11 is 4.79. The molecule has 4 heteroatoms. The normalized spacial score (nSPS) is 15.8. The van der Waals surface area contributed by atoms with Crippen LogP contribution in [0.2, 0.25) is 0 Å². The third-order valence-corrected chi connectivity index (χ3v) is 3.73. The molecule has 0 saturated heterocycles. The van der Waals surface area contributed by atoms with Crippen molar-refractivity contribution in [2.24, 2.45) is 5.92 Å². The van der Waals surface area contributed by atoms with Gasteiger partial charge in [0, 0.05) is 16.4 Å². The predicted octanol–water partition coefficient (Wildman–Crippen LogP) is 2.65. The van der Waals surface area contributed by atoms with Gasteiger partial charge in [-0.15, -0.1) is 11.3 Å². The topological polar surface area (TPSA) is 29.1 Å². The lowest BCUT2D eigenvalue weighted by Gasteiger charge is -2.00. The zero-order valence-electron chi connectivity index (χ0n) is 7.05. The Morgan fingerprint density at radius 1 is 1.69 bits per heavy atom. The smallest absolute Gasteiger partial charge is 0.261 e. The monoisotopic (exact) mass is 259 g/mol. The van der Waals surface area contributed by atoms with Crippen LogP contribution in [0.1, 0.15) is 22.5 Å². The van der Waals surface area contributed by atoms with Crippen LogP contribution in [0.5, 0.6) is 0 Å². The number of halogens is 1. The van der Waals surface area contributed by atoms with Crippen molar-refractivity contribution in [2.45, 2.75) is 12.8 Å². The Bertz CT molecular complexity index is 319. The van der Waals surface area contributed by atoms with E-state index < -0.39 is 0 Å². The van der Waals surface area contributed by atoms with Crippen molar-refractivity contribution in [1.82, 2.24) is 5.32 Å². The first kappa shape index (κ1) is 9.21. The average molecular weight is 260 g/mol. The zero-order chi connectivity index (χ0) is 9.26. The molecule has 1 aromatic heterocycles. The fourth-order valence-electron chi connectivity index (χ4n) is 1.08. The highest BCUT2D eigenvalue weighted by Gasteiger charge is 2.22. The van der Waals surface area contributed by atoms with Crippen LogP contribution in [0.25, 0.3) is 0 Å². The van der Waals surface area contributed by atoms with E-state index in [4.69, 9.17) is 0 Å². The lowest BCUT2D eigenvalue weighted by molar-refractivity contribution is 0.0956. The Balaban J connectivity index is 1.88. The number of hydrogen-bond acceptors (Lipinski definition) is 2. The first-order valence-electron chi connectivity index (χ1n) is 4.28. The van der Waals surface area contributed by atoms with E-state index in [0.29, 0.717) is 0 Å². The summed E-state index contributed by atoms with van der Waals surface area (Å²) < 4.78 is 0.981. The van der Waals surface area contributed by atoms with E-state index in [2.05, 4.69) is 21.2 Å². The van der Waals surface area contributed by atoms with Crippen molar-refractivity contribution in [3.05, 3.63) is 20.8 Å². The molecule has 2 rings (SSSR count). The maximum absolute atomic E-state index is 11.5. The van der Waals surface area contributed by atoms with Gasteiger partial charge in [0.2, 0.25) is 0 Å².